The molecular formula is C18H19N3OS2. The third-order valence-corrected chi connectivity index (χ3v) is 6.23. The average molecular weight is 358 g/mol. The molecule has 0 saturated carbocycles. The van der Waals surface area contributed by atoms with Gasteiger partial charge < -0.3 is 0 Å². The normalized spacial score (nSPS) is 16.7. The zero-order valence-electron chi connectivity index (χ0n) is 13.6. The van der Waals surface area contributed by atoms with E-state index >= 15 is 0 Å². The zero-order valence-corrected chi connectivity index (χ0v) is 15.2. The van der Waals surface area contributed by atoms with Crippen LogP contribution in [0.5, 0.6) is 0 Å². The Balaban J connectivity index is 1.49. The highest BCUT2D eigenvalue weighted by Crippen LogP contribution is 2.21. The van der Waals surface area contributed by atoms with Gasteiger partial charge in [-0.25, -0.2) is 4.98 Å². The molecule has 0 aliphatic carbocycles. The van der Waals surface area contributed by atoms with Crippen molar-refractivity contribution >= 4 is 32.4 Å². The summed E-state index contributed by atoms with van der Waals surface area (Å²) in [5.74, 6) is 0. The molecule has 1 aromatic carbocycles. The first-order valence-corrected chi connectivity index (χ1v) is 10.5. The second-order valence-corrected chi connectivity index (χ2v) is 8.43. The van der Waals surface area contributed by atoms with Crippen molar-refractivity contribution in [3.05, 3.63) is 52.8 Å². The molecule has 0 radical (unpaired) electrons. The number of thiazole rings is 1. The quantitative estimate of drug-likeness (QED) is 0.723. The van der Waals surface area contributed by atoms with E-state index in [4.69, 9.17) is 0 Å². The van der Waals surface area contributed by atoms with Gasteiger partial charge in [0.2, 0.25) is 0 Å². The van der Waals surface area contributed by atoms with Crippen molar-refractivity contribution in [2.75, 3.05) is 19.3 Å². The molecule has 3 heterocycles. The lowest BCUT2D eigenvalue weighted by molar-refractivity contribution is 0.279. The van der Waals surface area contributed by atoms with Crippen molar-refractivity contribution in [3.63, 3.8) is 0 Å². The van der Waals surface area contributed by atoms with Gasteiger partial charge in [-0.3, -0.25) is 14.1 Å². The van der Waals surface area contributed by atoms with Crippen molar-refractivity contribution in [2.24, 2.45) is 0 Å². The van der Waals surface area contributed by atoms with Crippen LogP contribution in [0, 0.1) is 0 Å². The van der Waals surface area contributed by atoms with E-state index in [1.807, 2.05) is 5.51 Å². The molecule has 1 atom stereocenters. The van der Waals surface area contributed by atoms with Crippen molar-refractivity contribution in [2.45, 2.75) is 24.3 Å². The van der Waals surface area contributed by atoms with Gasteiger partial charge in [0.15, 0.2) is 0 Å². The number of fused-ring (bicyclic) bond motifs is 2. The fraction of sp³-hybridized carbons (Fsp3) is 0.333. The Morgan fingerprint density at radius 3 is 2.96 bits per heavy atom. The van der Waals surface area contributed by atoms with Crippen LogP contribution in [0.25, 0.3) is 10.2 Å². The van der Waals surface area contributed by atoms with Gasteiger partial charge >= 0.3 is 0 Å². The Kier molecular flexibility index (Phi) is 4.43. The first-order valence-electron chi connectivity index (χ1n) is 8.05. The monoisotopic (exact) mass is 357 g/mol. The maximum atomic E-state index is 11.7. The summed E-state index contributed by atoms with van der Waals surface area (Å²) in [7, 11) is -0.965. The Labute approximate surface area is 148 Å². The van der Waals surface area contributed by atoms with Crippen LogP contribution in [0.15, 0.2) is 40.9 Å². The molecule has 124 valence electrons. The smallest absolute Gasteiger partial charge is 0.0815 e. The molecule has 6 heteroatoms. The standard InChI is InChI=1S/C18H19N3OS2/c1-24(22)15-9-14-4-6-21(7-5-16(14)19-10-15)11-13-2-3-18-17(8-13)20-12-23-18/h2-3,8-10,12H,4-7,11H2,1H3. The molecule has 0 bridgehead atoms. The number of hydrogen-bond acceptors (Lipinski definition) is 5. The van der Waals surface area contributed by atoms with E-state index < -0.39 is 10.8 Å². The van der Waals surface area contributed by atoms with Crippen LogP contribution < -0.4 is 0 Å². The van der Waals surface area contributed by atoms with Gasteiger partial charge in [0, 0.05) is 44.2 Å². The predicted molar refractivity (Wildman–Crippen MR) is 98.9 cm³/mol. The lowest BCUT2D eigenvalue weighted by Crippen LogP contribution is -2.25. The number of benzene rings is 1. The fourth-order valence-electron chi connectivity index (χ4n) is 3.19. The average Bonchev–Trinajstić information content (AvgIpc) is 2.96. The topological polar surface area (TPSA) is 46.1 Å². The van der Waals surface area contributed by atoms with Gasteiger partial charge in [-0.15, -0.1) is 11.3 Å². The van der Waals surface area contributed by atoms with E-state index in [0.717, 1.165) is 48.6 Å². The minimum Gasteiger partial charge on any atom is -0.298 e. The molecule has 0 N–H and O–H groups in total. The minimum absolute atomic E-state index is 0.830. The molecule has 3 aromatic rings. The highest BCUT2D eigenvalue weighted by molar-refractivity contribution is 7.84. The molecule has 1 unspecified atom stereocenters. The van der Waals surface area contributed by atoms with Gasteiger partial charge in [0.25, 0.3) is 0 Å². The maximum Gasteiger partial charge on any atom is 0.0815 e. The number of hydrogen-bond donors (Lipinski definition) is 0. The number of pyridine rings is 1. The predicted octanol–water partition coefficient (Wildman–Crippen LogP) is 3.03. The first-order chi connectivity index (χ1) is 11.7. The van der Waals surface area contributed by atoms with E-state index in [1.165, 1.54) is 15.8 Å². The number of aromatic nitrogens is 2. The summed E-state index contributed by atoms with van der Waals surface area (Å²) in [4.78, 5) is 12.3. The highest BCUT2D eigenvalue weighted by atomic mass is 32.2. The molecular weight excluding hydrogens is 338 g/mol. The molecule has 0 spiro atoms. The Morgan fingerprint density at radius 1 is 1.21 bits per heavy atom. The molecule has 1 aliphatic heterocycles. The largest absolute Gasteiger partial charge is 0.298 e. The number of rotatable bonds is 3. The van der Waals surface area contributed by atoms with E-state index in [1.54, 1.807) is 23.8 Å². The maximum absolute atomic E-state index is 11.7. The van der Waals surface area contributed by atoms with Crippen LogP contribution in [-0.2, 0) is 30.2 Å². The molecule has 0 fully saturated rings. The SMILES string of the molecule is CS(=O)c1cnc2c(c1)CCN(Cc1ccc3scnc3c1)CC2. The summed E-state index contributed by atoms with van der Waals surface area (Å²) in [6.07, 6.45) is 5.39. The number of nitrogens with zero attached hydrogens (tertiary/aromatic N) is 3. The zero-order chi connectivity index (χ0) is 16.5. The van der Waals surface area contributed by atoms with Crippen molar-refractivity contribution in [1.29, 1.82) is 0 Å². The van der Waals surface area contributed by atoms with Crippen molar-refractivity contribution < 1.29 is 4.21 Å². The molecule has 1 aliphatic rings. The summed E-state index contributed by atoms with van der Waals surface area (Å²) in [5, 5.41) is 0. The highest BCUT2D eigenvalue weighted by Gasteiger charge is 2.16. The Morgan fingerprint density at radius 2 is 2.08 bits per heavy atom. The van der Waals surface area contributed by atoms with Gasteiger partial charge in [0.1, 0.15) is 0 Å². The minimum atomic E-state index is -0.965. The van der Waals surface area contributed by atoms with Gasteiger partial charge in [-0.05, 0) is 35.7 Å². The summed E-state index contributed by atoms with van der Waals surface area (Å²) in [5.41, 5.74) is 6.70. The molecule has 0 saturated heterocycles. The van der Waals surface area contributed by atoms with Crippen LogP contribution in [0.2, 0.25) is 0 Å². The third-order valence-electron chi connectivity index (χ3n) is 4.53. The Bertz CT molecular complexity index is 906. The second kappa shape index (κ2) is 6.70. The van der Waals surface area contributed by atoms with Gasteiger partial charge in [-0.1, -0.05) is 6.07 Å². The van der Waals surface area contributed by atoms with Gasteiger partial charge in [0.05, 0.1) is 31.4 Å². The summed E-state index contributed by atoms with van der Waals surface area (Å²) in [6.45, 7) is 2.95. The van der Waals surface area contributed by atoms with E-state index in [0.29, 0.717) is 0 Å². The molecule has 24 heavy (non-hydrogen) atoms. The van der Waals surface area contributed by atoms with Crippen molar-refractivity contribution in [1.82, 2.24) is 14.9 Å². The lowest BCUT2D eigenvalue weighted by atomic mass is 10.1. The molecule has 4 rings (SSSR count). The van der Waals surface area contributed by atoms with Crippen molar-refractivity contribution in [3.8, 4) is 0 Å². The van der Waals surface area contributed by atoms with Crippen LogP contribution in [0.3, 0.4) is 0 Å². The molecule has 0 amide bonds. The van der Waals surface area contributed by atoms with Gasteiger partial charge in [-0.2, -0.15) is 0 Å². The summed E-state index contributed by atoms with van der Waals surface area (Å²) >= 11 is 1.68. The van der Waals surface area contributed by atoms with E-state index in [-0.39, 0.29) is 0 Å². The van der Waals surface area contributed by atoms with Crippen LogP contribution in [0.4, 0.5) is 0 Å². The molecule has 2 aromatic heterocycles. The van der Waals surface area contributed by atoms with Crippen LogP contribution in [-0.4, -0.2) is 38.4 Å². The second-order valence-electron chi connectivity index (χ2n) is 6.16. The van der Waals surface area contributed by atoms with E-state index in [2.05, 4.69) is 39.1 Å². The van der Waals surface area contributed by atoms with Crippen LogP contribution in [0.1, 0.15) is 16.8 Å². The lowest BCUT2D eigenvalue weighted by Gasteiger charge is -2.19. The Hall–Kier alpha value is -1.63. The van der Waals surface area contributed by atoms with Crippen LogP contribution >= 0.6 is 11.3 Å². The fourth-order valence-corrected chi connectivity index (χ4v) is 4.36. The van der Waals surface area contributed by atoms with E-state index in [9.17, 15) is 4.21 Å². The first kappa shape index (κ1) is 15.9. The summed E-state index contributed by atoms with van der Waals surface area (Å²) in [6, 6.07) is 8.64. The summed E-state index contributed by atoms with van der Waals surface area (Å²) < 4.78 is 12.9. The third kappa shape index (κ3) is 3.27. The molecule has 4 nitrogen and oxygen atoms in total.